The Morgan fingerprint density at radius 2 is 1.79 bits per heavy atom. The highest BCUT2D eigenvalue weighted by Gasteiger charge is 2.29. The van der Waals surface area contributed by atoms with Gasteiger partial charge in [0.1, 0.15) is 18.9 Å². The molecule has 0 saturated carbocycles. The number of nitrogens with two attached hydrogens (primary N) is 1. The van der Waals surface area contributed by atoms with Gasteiger partial charge in [0.25, 0.3) is 5.91 Å². The molecule has 1 fully saturated rings. The van der Waals surface area contributed by atoms with Gasteiger partial charge in [0.2, 0.25) is 11.8 Å². The maximum atomic E-state index is 13.7. The minimum absolute atomic E-state index is 0.402. The van der Waals surface area contributed by atoms with E-state index in [0.717, 1.165) is 11.0 Å². The number of halogens is 2. The molecule has 3 N–H and O–H groups in total. The first-order valence-electron chi connectivity index (χ1n) is 5.25. The Morgan fingerprint density at radius 1 is 1.21 bits per heavy atom. The van der Waals surface area contributed by atoms with E-state index in [-0.39, 0.29) is 0 Å². The van der Waals surface area contributed by atoms with E-state index < -0.39 is 53.7 Å². The van der Waals surface area contributed by atoms with E-state index in [2.05, 4.69) is 0 Å². The summed E-state index contributed by atoms with van der Waals surface area (Å²) in [5.41, 5.74) is 4.08. The van der Waals surface area contributed by atoms with Crippen molar-refractivity contribution in [1.29, 1.82) is 0 Å². The maximum absolute atomic E-state index is 13.7. The molecule has 0 atom stereocenters. The molecule has 0 aliphatic carbocycles. The zero-order valence-electron chi connectivity index (χ0n) is 9.57. The zero-order valence-corrected chi connectivity index (χ0v) is 9.57. The first-order chi connectivity index (χ1) is 8.88. The molecule has 1 heterocycles. The van der Waals surface area contributed by atoms with Crippen LogP contribution in [0.1, 0.15) is 10.4 Å². The van der Waals surface area contributed by atoms with Gasteiger partial charge in [-0.1, -0.05) is 0 Å². The summed E-state index contributed by atoms with van der Waals surface area (Å²) in [6.45, 7) is -0.805. The van der Waals surface area contributed by atoms with Gasteiger partial charge in [-0.25, -0.2) is 8.78 Å². The fraction of sp³-hybridized carbons (Fsp3) is 0.182. The highest BCUT2D eigenvalue weighted by molar-refractivity contribution is 6.06. The van der Waals surface area contributed by atoms with Crippen LogP contribution in [0.25, 0.3) is 0 Å². The summed E-state index contributed by atoms with van der Waals surface area (Å²) in [6, 6.07) is 1.41. The molecule has 6 nitrogen and oxygen atoms in total. The maximum Gasteiger partial charge on any atom is 0.257 e. The van der Waals surface area contributed by atoms with E-state index in [1.807, 2.05) is 5.32 Å². The Bertz CT molecular complexity index is 573. The lowest BCUT2D eigenvalue weighted by molar-refractivity contribution is -0.135. The first-order valence-corrected chi connectivity index (χ1v) is 5.25. The van der Waals surface area contributed by atoms with Crippen molar-refractivity contribution in [2.75, 3.05) is 18.8 Å². The number of imide groups is 1. The lowest BCUT2D eigenvalue weighted by atomic mass is 10.1. The van der Waals surface area contributed by atoms with Gasteiger partial charge in [-0.3, -0.25) is 19.7 Å². The van der Waals surface area contributed by atoms with Crippen LogP contribution in [0, 0.1) is 11.6 Å². The molecular formula is C11H9F2N3O3. The van der Waals surface area contributed by atoms with Gasteiger partial charge in [0, 0.05) is 0 Å². The monoisotopic (exact) mass is 269 g/mol. The summed E-state index contributed by atoms with van der Waals surface area (Å²) in [5.74, 6) is -4.30. The lowest BCUT2D eigenvalue weighted by Crippen LogP contribution is -2.53. The molecule has 100 valence electrons. The second-order valence-electron chi connectivity index (χ2n) is 3.99. The van der Waals surface area contributed by atoms with Crippen LogP contribution in [0.4, 0.5) is 14.5 Å². The van der Waals surface area contributed by atoms with E-state index in [1.54, 1.807) is 0 Å². The van der Waals surface area contributed by atoms with Crippen molar-refractivity contribution in [3.63, 3.8) is 0 Å². The Hall–Kier alpha value is -2.51. The van der Waals surface area contributed by atoms with Crippen LogP contribution in [0.15, 0.2) is 12.1 Å². The number of carbonyl (C=O) groups excluding carboxylic acids is 3. The number of anilines is 1. The fourth-order valence-corrected chi connectivity index (χ4v) is 1.72. The molecule has 19 heavy (non-hydrogen) atoms. The van der Waals surface area contributed by atoms with Crippen LogP contribution in [0.3, 0.4) is 0 Å². The number of piperazine rings is 1. The number of rotatable bonds is 1. The molecule has 0 spiro atoms. The highest BCUT2D eigenvalue weighted by atomic mass is 19.1. The van der Waals surface area contributed by atoms with E-state index in [9.17, 15) is 23.2 Å². The summed E-state index contributed by atoms with van der Waals surface area (Å²) in [4.78, 5) is 35.0. The summed E-state index contributed by atoms with van der Waals surface area (Å²) >= 11 is 0. The van der Waals surface area contributed by atoms with Crippen LogP contribution >= 0.6 is 0 Å². The van der Waals surface area contributed by atoms with Crippen LogP contribution in [-0.2, 0) is 9.59 Å². The molecule has 0 bridgehead atoms. The van der Waals surface area contributed by atoms with E-state index in [4.69, 9.17) is 5.73 Å². The molecule has 0 aromatic heterocycles. The second-order valence-corrected chi connectivity index (χ2v) is 3.99. The molecule has 2 rings (SSSR count). The molecule has 8 heteroatoms. The lowest BCUT2D eigenvalue weighted by Gasteiger charge is -2.25. The average Bonchev–Trinajstić information content (AvgIpc) is 2.31. The fourth-order valence-electron chi connectivity index (χ4n) is 1.72. The SMILES string of the molecule is Nc1cc(F)cc(C(=O)N2CC(=O)NC(=O)C2)c1F. The molecule has 1 aromatic rings. The normalized spacial score (nSPS) is 15.4. The molecule has 3 amide bonds. The van der Waals surface area contributed by atoms with Gasteiger partial charge >= 0.3 is 0 Å². The van der Waals surface area contributed by atoms with Crippen LogP contribution < -0.4 is 11.1 Å². The van der Waals surface area contributed by atoms with Gasteiger partial charge < -0.3 is 10.6 Å². The Balaban J connectivity index is 2.34. The highest BCUT2D eigenvalue weighted by Crippen LogP contribution is 2.19. The zero-order chi connectivity index (χ0) is 14.2. The summed E-state index contributed by atoms with van der Waals surface area (Å²) in [5, 5.41) is 1.99. The van der Waals surface area contributed by atoms with Crippen molar-refractivity contribution in [3.05, 3.63) is 29.3 Å². The van der Waals surface area contributed by atoms with Crippen molar-refractivity contribution < 1.29 is 23.2 Å². The third-order valence-corrected chi connectivity index (χ3v) is 2.53. The minimum Gasteiger partial charge on any atom is -0.396 e. The average molecular weight is 269 g/mol. The number of nitrogens with one attached hydrogen (secondary N) is 1. The van der Waals surface area contributed by atoms with Gasteiger partial charge in [0.05, 0.1) is 11.3 Å². The smallest absolute Gasteiger partial charge is 0.257 e. The predicted molar refractivity (Wildman–Crippen MR) is 59.8 cm³/mol. The van der Waals surface area contributed by atoms with Gasteiger partial charge in [0.15, 0.2) is 5.82 Å². The second kappa shape index (κ2) is 4.63. The topological polar surface area (TPSA) is 92.5 Å². The Labute approximate surface area is 106 Å². The molecule has 0 unspecified atom stereocenters. The molecule has 1 saturated heterocycles. The number of hydrogen-bond donors (Lipinski definition) is 2. The van der Waals surface area contributed by atoms with Crippen molar-refractivity contribution in [3.8, 4) is 0 Å². The summed E-state index contributed by atoms with van der Waals surface area (Å²) < 4.78 is 26.8. The Kier molecular flexibility index (Phi) is 3.16. The van der Waals surface area contributed by atoms with Crippen LogP contribution in [0.2, 0.25) is 0 Å². The number of nitrogens with zero attached hydrogens (tertiary/aromatic N) is 1. The molecule has 1 aromatic carbocycles. The van der Waals surface area contributed by atoms with Crippen molar-refractivity contribution in [1.82, 2.24) is 10.2 Å². The summed E-state index contributed by atoms with van der Waals surface area (Å²) in [6.07, 6.45) is 0. The molecule has 1 aliphatic heterocycles. The van der Waals surface area contributed by atoms with Crippen molar-refractivity contribution in [2.45, 2.75) is 0 Å². The van der Waals surface area contributed by atoms with Crippen LogP contribution in [-0.4, -0.2) is 35.7 Å². The summed E-state index contributed by atoms with van der Waals surface area (Å²) in [7, 11) is 0. The quantitative estimate of drug-likeness (QED) is 0.538. The standard InChI is InChI=1S/C11H9F2N3O3/c12-5-1-6(10(13)7(14)2-5)11(19)16-3-8(17)15-9(18)4-16/h1-2H,3-4,14H2,(H,15,17,18). The Morgan fingerprint density at radius 3 is 2.37 bits per heavy atom. The van der Waals surface area contributed by atoms with E-state index in [0.29, 0.717) is 6.07 Å². The number of hydrogen-bond acceptors (Lipinski definition) is 4. The molecule has 0 radical (unpaired) electrons. The van der Waals surface area contributed by atoms with Gasteiger partial charge in [-0.2, -0.15) is 0 Å². The largest absolute Gasteiger partial charge is 0.396 e. The van der Waals surface area contributed by atoms with Gasteiger partial charge in [-0.05, 0) is 12.1 Å². The molecular weight excluding hydrogens is 260 g/mol. The predicted octanol–water partition coefficient (Wildman–Crippen LogP) is -0.354. The molecule has 1 aliphatic rings. The first kappa shape index (κ1) is 12.9. The van der Waals surface area contributed by atoms with Crippen molar-refractivity contribution >= 4 is 23.4 Å². The number of nitrogen functional groups attached to an aromatic ring is 1. The third-order valence-electron chi connectivity index (χ3n) is 2.53. The number of carbonyl (C=O) groups is 3. The van der Waals surface area contributed by atoms with Crippen LogP contribution in [0.5, 0.6) is 0 Å². The number of benzene rings is 1. The minimum atomic E-state index is -1.08. The van der Waals surface area contributed by atoms with E-state index in [1.165, 1.54) is 0 Å². The van der Waals surface area contributed by atoms with E-state index >= 15 is 0 Å². The number of amides is 3. The van der Waals surface area contributed by atoms with Gasteiger partial charge in [-0.15, -0.1) is 0 Å². The third kappa shape index (κ3) is 2.51. The van der Waals surface area contributed by atoms with Crippen molar-refractivity contribution in [2.24, 2.45) is 0 Å².